The van der Waals surface area contributed by atoms with Crippen LogP contribution in [0.5, 0.6) is 11.5 Å². The van der Waals surface area contributed by atoms with Crippen molar-refractivity contribution in [3.63, 3.8) is 0 Å². The summed E-state index contributed by atoms with van der Waals surface area (Å²) < 4.78 is 33.9. The number of halogens is 4. The summed E-state index contributed by atoms with van der Waals surface area (Å²) in [6.07, 6.45) is 0. The summed E-state index contributed by atoms with van der Waals surface area (Å²) in [7, 11) is -5.20. The molecule has 0 bridgehead atoms. The molecule has 29 heavy (non-hydrogen) atoms. The third kappa shape index (κ3) is 3.54. The van der Waals surface area contributed by atoms with E-state index >= 15 is 0 Å². The maximum atomic E-state index is 13.0. The number of benzene rings is 3. The van der Waals surface area contributed by atoms with Gasteiger partial charge in [-0.05, 0) is 42.0 Å². The zero-order chi connectivity index (χ0) is 21.6. The summed E-state index contributed by atoms with van der Waals surface area (Å²) in [5.41, 5.74) is -0.974. The van der Waals surface area contributed by atoms with Gasteiger partial charge in [0.1, 0.15) is 11.5 Å². The molecule has 0 spiro atoms. The van der Waals surface area contributed by atoms with E-state index in [1.807, 2.05) is 0 Å². The van der Waals surface area contributed by atoms with E-state index in [4.69, 9.17) is 46.4 Å². The van der Waals surface area contributed by atoms with Crippen molar-refractivity contribution in [2.45, 2.75) is 4.75 Å². The van der Waals surface area contributed by atoms with Crippen LogP contribution in [-0.2, 0) is 14.9 Å². The van der Waals surface area contributed by atoms with E-state index in [-0.39, 0.29) is 25.7 Å². The summed E-state index contributed by atoms with van der Waals surface area (Å²) in [6, 6.07) is 11.8. The second kappa shape index (κ2) is 7.87. The molecule has 3 N–H and O–H groups in total. The Labute approximate surface area is 186 Å². The van der Waals surface area contributed by atoms with Gasteiger partial charge in [-0.2, -0.15) is 8.42 Å². The third-order valence-electron chi connectivity index (χ3n) is 4.41. The molecule has 0 saturated heterocycles. The summed E-state index contributed by atoms with van der Waals surface area (Å²) in [6.45, 7) is 0. The lowest BCUT2D eigenvalue weighted by molar-refractivity contribution is 0.428. The Balaban J connectivity index is 2.68. The molecule has 0 aliphatic rings. The van der Waals surface area contributed by atoms with Crippen LogP contribution in [0.2, 0.25) is 20.1 Å². The molecule has 5 nitrogen and oxygen atoms in total. The quantitative estimate of drug-likeness (QED) is 0.311. The fourth-order valence-electron chi connectivity index (χ4n) is 3.24. The molecule has 0 radical (unpaired) electrons. The fourth-order valence-corrected chi connectivity index (χ4v) is 5.61. The minimum atomic E-state index is -5.20. The molecule has 3 rings (SSSR count). The standard InChI is InChI=1S/C19H12Cl4O5S/c20-11-6-4-10(5-7-11)19(29(26,27)28,16-12(21)2-1-3-15(16)24)17-13(22)8-9-14(23)18(17)25/h1-9,24-25H,(H,26,27,28). The first-order valence-corrected chi connectivity index (χ1v) is 10.9. The average Bonchev–Trinajstić information content (AvgIpc) is 2.63. The first-order chi connectivity index (χ1) is 13.5. The van der Waals surface area contributed by atoms with Crippen molar-refractivity contribution < 1.29 is 23.2 Å². The molecule has 10 heteroatoms. The Morgan fingerprint density at radius 2 is 1.28 bits per heavy atom. The van der Waals surface area contributed by atoms with Gasteiger partial charge in [0, 0.05) is 26.2 Å². The smallest absolute Gasteiger partial charge is 0.283 e. The van der Waals surface area contributed by atoms with Crippen molar-refractivity contribution in [1.82, 2.24) is 0 Å². The van der Waals surface area contributed by atoms with E-state index in [0.717, 1.165) is 0 Å². The zero-order valence-corrected chi connectivity index (χ0v) is 18.1. The normalized spacial score (nSPS) is 13.8. The van der Waals surface area contributed by atoms with E-state index in [0.29, 0.717) is 0 Å². The minimum Gasteiger partial charge on any atom is -0.508 e. The van der Waals surface area contributed by atoms with Crippen LogP contribution >= 0.6 is 46.4 Å². The Morgan fingerprint density at radius 1 is 0.724 bits per heavy atom. The van der Waals surface area contributed by atoms with Gasteiger partial charge in [-0.25, -0.2) is 0 Å². The van der Waals surface area contributed by atoms with Crippen molar-refractivity contribution in [2.75, 3.05) is 0 Å². The topological polar surface area (TPSA) is 94.8 Å². The monoisotopic (exact) mass is 492 g/mol. The summed E-state index contributed by atoms with van der Waals surface area (Å²) in [5, 5.41) is 20.9. The van der Waals surface area contributed by atoms with E-state index < -0.39 is 37.5 Å². The van der Waals surface area contributed by atoms with Gasteiger partial charge in [0.25, 0.3) is 10.1 Å². The van der Waals surface area contributed by atoms with Crippen molar-refractivity contribution in [2.24, 2.45) is 0 Å². The van der Waals surface area contributed by atoms with Crippen LogP contribution in [0.25, 0.3) is 0 Å². The van der Waals surface area contributed by atoms with Gasteiger partial charge in [-0.3, -0.25) is 4.55 Å². The highest BCUT2D eigenvalue weighted by molar-refractivity contribution is 7.87. The van der Waals surface area contributed by atoms with Crippen LogP contribution in [0, 0.1) is 0 Å². The Hall–Kier alpha value is -1.67. The second-order valence-corrected chi connectivity index (χ2v) is 9.27. The summed E-state index contributed by atoms with van der Waals surface area (Å²) in [5.74, 6) is -1.26. The SMILES string of the molecule is O=S(=O)(O)C(c1ccc(Cl)cc1)(c1c(O)cccc1Cl)c1c(Cl)ccc(Cl)c1O. The number of hydrogen-bond acceptors (Lipinski definition) is 4. The molecule has 3 aromatic rings. The first kappa shape index (κ1) is 22.0. The maximum absolute atomic E-state index is 13.0. The molecule has 0 fully saturated rings. The van der Waals surface area contributed by atoms with E-state index in [1.165, 1.54) is 54.6 Å². The Bertz CT molecular complexity index is 1180. The van der Waals surface area contributed by atoms with Gasteiger partial charge in [-0.1, -0.05) is 64.6 Å². The van der Waals surface area contributed by atoms with Gasteiger partial charge >= 0.3 is 0 Å². The molecule has 1 unspecified atom stereocenters. The molecule has 0 aliphatic heterocycles. The van der Waals surface area contributed by atoms with E-state index in [2.05, 4.69) is 0 Å². The molecule has 0 amide bonds. The van der Waals surface area contributed by atoms with E-state index in [9.17, 15) is 23.2 Å². The van der Waals surface area contributed by atoms with Crippen LogP contribution in [0.1, 0.15) is 16.7 Å². The number of rotatable bonds is 4. The third-order valence-corrected chi connectivity index (χ3v) is 7.02. The summed E-state index contributed by atoms with van der Waals surface area (Å²) in [4.78, 5) is 0. The van der Waals surface area contributed by atoms with Crippen LogP contribution in [0.3, 0.4) is 0 Å². The lowest BCUT2D eigenvalue weighted by Crippen LogP contribution is -2.39. The largest absolute Gasteiger partial charge is 0.508 e. The molecule has 152 valence electrons. The number of hydrogen-bond donors (Lipinski definition) is 3. The average molecular weight is 494 g/mol. The van der Waals surface area contributed by atoms with Crippen molar-refractivity contribution in [3.8, 4) is 11.5 Å². The van der Waals surface area contributed by atoms with Gasteiger partial charge in [0.05, 0.1) is 5.02 Å². The van der Waals surface area contributed by atoms with Gasteiger partial charge in [-0.15, -0.1) is 0 Å². The predicted molar refractivity (Wildman–Crippen MR) is 114 cm³/mol. The molecule has 1 atom stereocenters. The minimum absolute atomic E-state index is 0.0905. The van der Waals surface area contributed by atoms with Crippen LogP contribution in [-0.4, -0.2) is 23.2 Å². The molecule has 0 saturated carbocycles. The van der Waals surface area contributed by atoms with E-state index in [1.54, 1.807) is 0 Å². The van der Waals surface area contributed by atoms with Gasteiger partial charge < -0.3 is 10.2 Å². The maximum Gasteiger partial charge on any atom is 0.283 e. The number of phenolic OH excluding ortho intramolecular Hbond substituents is 2. The first-order valence-electron chi connectivity index (χ1n) is 7.90. The second-order valence-electron chi connectivity index (χ2n) is 6.05. The van der Waals surface area contributed by atoms with Gasteiger partial charge in [0.2, 0.25) is 0 Å². The van der Waals surface area contributed by atoms with Crippen molar-refractivity contribution in [3.05, 3.63) is 91.4 Å². The highest BCUT2D eigenvalue weighted by Gasteiger charge is 2.54. The zero-order valence-electron chi connectivity index (χ0n) is 14.3. The number of aromatic hydroxyl groups is 2. The molecular weight excluding hydrogens is 482 g/mol. The molecule has 3 aromatic carbocycles. The Kier molecular flexibility index (Phi) is 5.98. The number of phenols is 2. The molecule has 0 aliphatic carbocycles. The van der Waals surface area contributed by atoms with Crippen LogP contribution in [0.4, 0.5) is 0 Å². The lowest BCUT2D eigenvalue weighted by Gasteiger charge is -2.34. The summed E-state index contributed by atoms with van der Waals surface area (Å²) >= 11 is 24.5. The van der Waals surface area contributed by atoms with Crippen LogP contribution < -0.4 is 0 Å². The lowest BCUT2D eigenvalue weighted by atomic mass is 9.82. The van der Waals surface area contributed by atoms with Crippen molar-refractivity contribution in [1.29, 1.82) is 0 Å². The predicted octanol–water partition coefficient (Wildman–Crippen LogP) is 5.89. The highest BCUT2D eigenvalue weighted by Crippen LogP contribution is 2.55. The Morgan fingerprint density at radius 3 is 1.83 bits per heavy atom. The molecule has 0 aromatic heterocycles. The van der Waals surface area contributed by atoms with Crippen LogP contribution in [0.15, 0.2) is 54.6 Å². The fraction of sp³-hybridized carbons (Fsp3) is 0.0526. The highest BCUT2D eigenvalue weighted by atomic mass is 35.5. The molecule has 0 heterocycles. The molecular formula is C19H12Cl4O5S. The van der Waals surface area contributed by atoms with Crippen molar-refractivity contribution >= 4 is 56.5 Å². The van der Waals surface area contributed by atoms with Gasteiger partial charge in [0.15, 0.2) is 4.75 Å².